The maximum Gasteiger partial charge on any atom is 0.267 e. The van der Waals surface area contributed by atoms with E-state index in [0.717, 1.165) is 23.0 Å². The summed E-state index contributed by atoms with van der Waals surface area (Å²) < 4.78 is 53.9. The number of anilines is 3. The fourth-order valence-electron chi connectivity index (χ4n) is 3.71. The molecule has 0 fully saturated rings. The molecular formula is C22H18F2N8O3S. The van der Waals surface area contributed by atoms with Crippen LogP contribution in [-0.4, -0.2) is 34.2 Å². The Balaban J connectivity index is 2.04. The SMILES string of the molecule is C[C@H](Nc1nc(N)nc(N)c1C#N)c1nc2cccc(S(C)(=O)=O)c2c(=O)n1-c1cc(F)cc(F)c1. The molecule has 0 aliphatic heterocycles. The van der Waals surface area contributed by atoms with Crippen LogP contribution >= 0.6 is 0 Å². The molecule has 0 amide bonds. The largest absolute Gasteiger partial charge is 0.382 e. The van der Waals surface area contributed by atoms with E-state index in [1.807, 2.05) is 6.07 Å². The highest BCUT2D eigenvalue weighted by Crippen LogP contribution is 2.27. The third-order valence-electron chi connectivity index (χ3n) is 5.20. The third-order valence-corrected chi connectivity index (χ3v) is 6.34. The maximum atomic E-state index is 14.1. The number of nitrogens with two attached hydrogens (primary N) is 2. The van der Waals surface area contributed by atoms with Crippen molar-refractivity contribution in [2.75, 3.05) is 23.0 Å². The number of sulfone groups is 1. The van der Waals surface area contributed by atoms with Gasteiger partial charge in [-0.05, 0) is 31.2 Å². The molecule has 4 rings (SSSR count). The molecule has 2 heterocycles. The monoisotopic (exact) mass is 512 g/mol. The van der Waals surface area contributed by atoms with Gasteiger partial charge in [-0.25, -0.2) is 22.2 Å². The van der Waals surface area contributed by atoms with Crippen molar-refractivity contribution in [3.8, 4) is 11.8 Å². The summed E-state index contributed by atoms with van der Waals surface area (Å²) in [7, 11) is -3.87. The van der Waals surface area contributed by atoms with Gasteiger partial charge >= 0.3 is 0 Å². The number of nitrogens with one attached hydrogen (secondary N) is 1. The Kier molecular flexibility index (Phi) is 6.02. The van der Waals surface area contributed by atoms with Crippen LogP contribution in [0.4, 0.5) is 26.4 Å². The molecule has 2 aromatic carbocycles. The molecular weight excluding hydrogens is 494 g/mol. The third kappa shape index (κ3) is 4.39. The van der Waals surface area contributed by atoms with Crippen LogP contribution in [-0.2, 0) is 9.84 Å². The van der Waals surface area contributed by atoms with Crippen molar-refractivity contribution in [2.45, 2.75) is 17.9 Å². The molecule has 2 aromatic heterocycles. The predicted molar refractivity (Wildman–Crippen MR) is 128 cm³/mol. The normalized spacial score (nSPS) is 12.3. The number of halogens is 2. The van der Waals surface area contributed by atoms with Crippen molar-refractivity contribution >= 4 is 38.3 Å². The van der Waals surface area contributed by atoms with E-state index in [1.165, 1.54) is 25.1 Å². The molecule has 5 N–H and O–H groups in total. The Morgan fingerprint density at radius 1 is 1.11 bits per heavy atom. The zero-order valence-corrected chi connectivity index (χ0v) is 19.6. The summed E-state index contributed by atoms with van der Waals surface area (Å²) >= 11 is 0. The fourth-order valence-corrected chi connectivity index (χ4v) is 4.60. The van der Waals surface area contributed by atoms with Crippen LogP contribution in [0.3, 0.4) is 0 Å². The van der Waals surface area contributed by atoms with Gasteiger partial charge in [-0.15, -0.1) is 0 Å². The summed E-state index contributed by atoms with van der Waals surface area (Å²) in [5.74, 6) is -2.48. The predicted octanol–water partition coefficient (Wildman–Crippen LogP) is 2.07. The second-order valence-corrected chi connectivity index (χ2v) is 9.81. The first-order valence-corrected chi connectivity index (χ1v) is 12.1. The molecule has 184 valence electrons. The summed E-state index contributed by atoms with van der Waals surface area (Å²) in [6.07, 6.45) is 0.929. The summed E-state index contributed by atoms with van der Waals surface area (Å²) in [6, 6.07) is 7.43. The number of nitrogens with zero attached hydrogens (tertiary/aromatic N) is 5. The Hall–Kier alpha value is -4.64. The molecule has 0 bridgehead atoms. The van der Waals surface area contributed by atoms with E-state index in [1.54, 1.807) is 0 Å². The van der Waals surface area contributed by atoms with Crippen LogP contribution in [0.1, 0.15) is 24.4 Å². The number of nitrogen functional groups attached to an aromatic ring is 2. The van der Waals surface area contributed by atoms with E-state index in [9.17, 15) is 27.3 Å². The van der Waals surface area contributed by atoms with E-state index >= 15 is 0 Å². The van der Waals surface area contributed by atoms with Gasteiger partial charge in [0.1, 0.15) is 34.9 Å². The molecule has 0 aliphatic carbocycles. The average molecular weight is 513 g/mol. The number of hydrogen-bond donors (Lipinski definition) is 3. The molecule has 0 aliphatic rings. The van der Waals surface area contributed by atoms with Gasteiger partial charge in [-0.2, -0.15) is 15.2 Å². The number of aromatic nitrogens is 4. The van der Waals surface area contributed by atoms with Gasteiger partial charge < -0.3 is 16.8 Å². The van der Waals surface area contributed by atoms with Crippen molar-refractivity contribution in [3.63, 3.8) is 0 Å². The second-order valence-electron chi connectivity index (χ2n) is 7.83. The first-order valence-electron chi connectivity index (χ1n) is 10.2. The first-order chi connectivity index (χ1) is 16.9. The van der Waals surface area contributed by atoms with Gasteiger partial charge in [0, 0.05) is 12.3 Å². The van der Waals surface area contributed by atoms with Crippen molar-refractivity contribution in [2.24, 2.45) is 0 Å². The lowest BCUT2D eigenvalue weighted by Crippen LogP contribution is -2.28. The first kappa shape index (κ1) is 24.5. The number of hydrogen-bond acceptors (Lipinski definition) is 10. The topological polar surface area (TPSA) is 183 Å². The van der Waals surface area contributed by atoms with E-state index in [4.69, 9.17) is 11.5 Å². The molecule has 0 saturated carbocycles. The summed E-state index contributed by atoms with van der Waals surface area (Å²) in [4.78, 5) is 25.5. The molecule has 11 nitrogen and oxygen atoms in total. The zero-order chi connectivity index (χ0) is 26.4. The Morgan fingerprint density at radius 3 is 2.39 bits per heavy atom. The van der Waals surface area contributed by atoms with Crippen LogP contribution in [0.25, 0.3) is 16.6 Å². The lowest BCUT2D eigenvalue weighted by molar-refractivity contribution is 0.579. The summed E-state index contributed by atoms with van der Waals surface area (Å²) in [6.45, 7) is 1.54. The highest BCUT2D eigenvalue weighted by molar-refractivity contribution is 7.91. The highest BCUT2D eigenvalue weighted by atomic mass is 32.2. The average Bonchev–Trinajstić information content (AvgIpc) is 2.77. The number of rotatable bonds is 5. The number of benzene rings is 2. The molecule has 0 unspecified atom stereocenters. The minimum absolute atomic E-state index is 0.0296. The molecule has 1 atom stereocenters. The van der Waals surface area contributed by atoms with Gasteiger partial charge in [0.15, 0.2) is 15.7 Å². The Bertz CT molecular complexity index is 1730. The smallest absolute Gasteiger partial charge is 0.267 e. The van der Waals surface area contributed by atoms with Gasteiger partial charge in [0.05, 0.1) is 27.5 Å². The lowest BCUT2D eigenvalue weighted by atomic mass is 10.2. The van der Waals surface area contributed by atoms with E-state index in [-0.39, 0.29) is 50.5 Å². The maximum absolute atomic E-state index is 14.1. The van der Waals surface area contributed by atoms with Gasteiger partial charge in [-0.1, -0.05) is 6.07 Å². The van der Waals surface area contributed by atoms with Crippen LogP contribution < -0.4 is 22.3 Å². The number of nitriles is 1. The van der Waals surface area contributed by atoms with E-state index in [0.29, 0.717) is 6.07 Å². The minimum atomic E-state index is -3.87. The zero-order valence-electron chi connectivity index (χ0n) is 18.8. The van der Waals surface area contributed by atoms with Crippen LogP contribution in [0.2, 0.25) is 0 Å². The van der Waals surface area contributed by atoms with Gasteiger partial charge in [0.2, 0.25) is 5.95 Å². The highest BCUT2D eigenvalue weighted by Gasteiger charge is 2.24. The standard InChI is InChI=1S/C22H18F2N8O3S/c1-10(28-19-14(9-25)18(26)30-22(27)31-19)20-29-15-4-3-5-16(36(2,34)35)17(15)21(33)32(20)13-7-11(23)6-12(24)8-13/h3-8,10H,1-2H3,(H5,26,27,28,30,31)/t10-/m0/s1. The fraction of sp³-hybridized carbons (Fsp3) is 0.136. The van der Waals surface area contributed by atoms with Crippen molar-refractivity contribution < 1.29 is 17.2 Å². The Morgan fingerprint density at radius 2 is 1.78 bits per heavy atom. The second kappa shape index (κ2) is 8.86. The van der Waals surface area contributed by atoms with Crippen LogP contribution in [0.15, 0.2) is 46.1 Å². The van der Waals surface area contributed by atoms with Crippen molar-refractivity contribution in [1.82, 2.24) is 19.5 Å². The van der Waals surface area contributed by atoms with Crippen LogP contribution in [0.5, 0.6) is 0 Å². The lowest BCUT2D eigenvalue weighted by Gasteiger charge is -2.21. The summed E-state index contributed by atoms with van der Waals surface area (Å²) in [5, 5.41) is 12.1. The summed E-state index contributed by atoms with van der Waals surface area (Å²) in [5.41, 5.74) is 10.2. The molecule has 14 heteroatoms. The van der Waals surface area contributed by atoms with Gasteiger partial charge in [-0.3, -0.25) is 9.36 Å². The molecule has 0 saturated heterocycles. The van der Waals surface area contributed by atoms with Gasteiger partial charge in [0.25, 0.3) is 5.56 Å². The van der Waals surface area contributed by atoms with Crippen molar-refractivity contribution in [1.29, 1.82) is 5.26 Å². The number of fused-ring (bicyclic) bond motifs is 1. The van der Waals surface area contributed by atoms with Crippen LogP contribution in [0, 0.1) is 23.0 Å². The quantitative estimate of drug-likeness (QED) is 0.358. The molecule has 0 radical (unpaired) electrons. The molecule has 36 heavy (non-hydrogen) atoms. The van der Waals surface area contributed by atoms with E-state index < -0.39 is 33.1 Å². The minimum Gasteiger partial charge on any atom is -0.382 e. The molecule has 4 aromatic rings. The van der Waals surface area contributed by atoms with Crippen molar-refractivity contribution in [3.05, 3.63) is 69.8 Å². The Labute approximate surface area is 203 Å². The van der Waals surface area contributed by atoms with E-state index in [2.05, 4.69) is 20.3 Å². The molecule has 0 spiro atoms.